The third-order valence-corrected chi connectivity index (χ3v) is 9.63. The number of carbonyl (C=O) groups excluding carboxylic acids is 1. The normalized spacial score (nSPS) is 31.8. The van der Waals surface area contributed by atoms with Crippen molar-refractivity contribution in [2.45, 2.75) is 108 Å². The van der Waals surface area contributed by atoms with E-state index in [1.54, 1.807) is 20.0 Å². The molecule has 0 spiro atoms. The van der Waals surface area contributed by atoms with Gasteiger partial charge in [-0.2, -0.15) is 0 Å². The van der Waals surface area contributed by atoms with Gasteiger partial charge >= 0.3 is 5.97 Å². The molecule has 1 aromatic rings. The van der Waals surface area contributed by atoms with Gasteiger partial charge in [0.1, 0.15) is 12.2 Å². The molecular formula is C33H50N4O8. The fourth-order valence-corrected chi connectivity index (χ4v) is 6.93. The average molecular weight is 631 g/mol. The molecular weight excluding hydrogens is 580 g/mol. The van der Waals surface area contributed by atoms with Crippen LogP contribution in [0.4, 0.5) is 0 Å². The number of guanidine groups is 1. The number of nitrogens with two attached hydrogens (primary N) is 1. The highest BCUT2D eigenvalue weighted by atomic mass is 16.5. The zero-order valence-electron chi connectivity index (χ0n) is 26.5. The van der Waals surface area contributed by atoms with Gasteiger partial charge in [0.15, 0.2) is 23.7 Å². The van der Waals surface area contributed by atoms with Gasteiger partial charge in [0.25, 0.3) is 0 Å². The molecule has 45 heavy (non-hydrogen) atoms. The predicted molar refractivity (Wildman–Crippen MR) is 168 cm³/mol. The number of hydrogen-bond acceptors (Lipinski definition) is 10. The number of piperidine rings is 1. The maximum Gasteiger partial charge on any atom is 0.302 e. The summed E-state index contributed by atoms with van der Waals surface area (Å²) in [5.74, 6) is 5.82. The molecule has 1 aliphatic carbocycles. The van der Waals surface area contributed by atoms with E-state index in [0.29, 0.717) is 18.4 Å². The number of aliphatic hydroxyl groups is 4. The van der Waals surface area contributed by atoms with Crippen LogP contribution in [-0.4, -0.2) is 88.1 Å². The predicted octanol–water partition coefficient (Wildman–Crippen LogP) is 1.21. The molecule has 0 unspecified atom stereocenters. The van der Waals surface area contributed by atoms with Crippen molar-refractivity contribution in [2.24, 2.45) is 28.0 Å². The first-order valence-corrected chi connectivity index (χ1v) is 16.0. The number of carbonyl (C=O) groups is 1. The van der Waals surface area contributed by atoms with E-state index in [1.807, 2.05) is 0 Å². The molecule has 8 atom stereocenters. The topological polar surface area (TPSA) is 199 Å². The van der Waals surface area contributed by atoms with Crippen molar-refractivity contribution >= 4 is 11.9 Å². The second-order valence-corrected chi connectivity index (χ2v) is 12.9. The zero-order valence-corrected chi connectivity index (χ0v) is 26.5. The van der Waals surface area contributed by atoms with Gasteiger partial charge in [0, 0.05) is 50.4 Å². The van der Waals surface area contributed by atoms with Crippen molar-refractivity contribution in [1.29, 1.82) is 0 Å². The number of aromatic hydroxyl groups is 1. The summed E-state index contributed by atoms with van der Waals surface area (Å²) in [6.07, 6.45) is 0.299. The highest BCUT2D eigenvalue weighted by molar-refractivity contribution is 5.77. The number of phenolic OH excluding ortho intramolecular Hbond substituents is 1. The Bertz CT molecular complexity index is 1260. The molecule has 4 rings (SSSR count). The summed E-state index contributed by atoms with van der Waals surface area (Å²) < 4.78 is 12.2. The minimum Gasteiger partial charge on any atom is -0.504 e. The monoisotopic (exact) mass is 630 g/mol. The first kappa shape index (κ1) is 34.8. The maximum atomic E-state index is 12.4. The van der Waals surface area contributed by atoms with Crippen molar-refractivity contribution in [3.05, 3.63) is 23.3 Å². The van der Waals surface area contributed by atoms with Gasteiger partial charge < -0.3 is 51.4 Å². The van der Waals surface area contributed by atoms with Crippen molar-refractivity contribution in [1.82, 2.24) is 10.6 Å². The number of ether oxygens (including phenoxy) is 2. The van der Waals surface area contributed by atoms with Crippen LogP contribution in [0.25, 0.3) is 0 Å². The molecule has 2 heterocycles. The van der Waals surface area contributed by atoms with E-state index in [4.69, 9.17) is 15.2 Å². The van der Waals surface area contributed by atoms with E-state index in [9.17, 15) is 30.3 Å². The molecule has 12 nitrogen and oxygen atoms in total. The number of nitrogens with zero attached hydrogens (tertiary/aromatic N) is 1. The summed E-state index contributed by atoms with van der Waals surface area (Å²) in [6, 6.07) is 3.15. The van der Waals surface area contributed by atoms with Crippen LogP contribution >= 0.6 is 0 Å². The number of rotatable bonds is 5. The first-order chi connectivity index (χ1) is 21.4. The van der Waals surface area contributed by atoms with Gasteiger partial charge in [-0.1, -0.05) is 18.3 Å². The third-order valence-electron chi connectivity index (χ3n) is 9.63. The van der Waals surface area contributed by atoms with E-state index in [1.165, 1.54) is 13.0 Å². The van der Waals surface area contributed by atoms with Crippen molar-refractivity contribution in [2.75, 3.05) is 20.1 Å². The van der Waals surface area contributed by atoms with Crippen molar-refractivity contribution in [3.8, 4) is 23.3 Å². The Labute approximate surface area is 265 Å². The summed E-state index contributed by atoms with van der Waals surface area (Å²) in [5, 5.41) is 60.4. The molecule has 0 saturated carbocycles. The van der Waals surface area contributed by atoms with Crippen LogP contribution < -0.4 is 21.1 Å². The maximum absolute atomic E-state index is 12.4. The lowest BCUT2D eigenvalue weighted by atomic mass is 9.72. The fraction of sp³-hybridized carbons (Fsp3) is 0.697. The summed E-state index contributed by atoms with van der Waals surface area (Å²) in [5.41, 5.74) is 5.61. The Balaban J connectivity index is 1.88. The van der Waals surface area contributed by atoms with Crippen LogP contribution in [0.15, 0.2) is 17.1 Å². The van der Waals surface area contributed by atoms with Gasteiger partial charge in [-0.05, 0) is 76.1 Å². The molecule has 0 aromatic heterocycles. The summed E-state index contributed by atoms with van der Waals surface area (Å²) in [6.45, 7) is 3.99. The molecule has 0 radical (unpaired) electrons. The standard InChI is InChI=1S/C33H50N4O8/c1-19(38)33(18-37-32(34)35-3)10-7-21-5-4-6-23-15-25(9-12-36-23)45-30-14-22(27(31(42)43)17-28(30)41)13-26(21)29(44-20(2)39)16-24(40)8-11-33/h14,17,19,21,23-26,29,31,36,38,40-43H,4-6,8-9,11-13,15-16,18H2,1-3H3,(H3,34,35,37)/t19-,21+,23-,24-,25+,26-,29-,33+/m0/s1. The SMILES string of the molecule is CN=C(N)NC[C@@]1([C@H](C)O)C#C[C@H]2CCC[C@H]3C[C@@H](CCN3)Oc3cc(c(C(O)O)cc3O)C[C@@H]2[C@@H](OC(C)=O)C[C@@H](O)CC1. The Kier molecular flexibility index (Phi) is 12.0. The van der Waals surface area contributed by atoms with Gasteiger partial charge in [-0.15, -0.1) is 0 Å². The van der Waals surface area contributed by atoms with E-state index < -0.39 is 41.9 Å². The van der Waals surface area contributed by atoms with Crippen LogP contribution in [0.1, 0.15) is 82.6 Å². The number of benzene rings is 1. The summed E-state index contributed by atoms with van der Waals surface area (Å²) in [4.78, 5) is 16.4. The first-order valence-electron chi connectivity index (χ1n) is 16.0. The number of esters is 1. The highest BCUT2D eigenvalue weighted by Gasteiger charge is 2.39. The minimum atomic E-state index is -1.87. The van der Waals surface area contributed by atoms with Crippen LogP contribution in [0.3, 0.4) is 0 Å². The lowest BCUT2D eigenvalue weighted by Gasteiger charge is -2.37. The molecule has 1 aromatic carbocycles. The van der Waals surface area contributed by atoms with E-state index in [2.05, 4.69) is 27.5 Å². The smallest absolute Gasteiger partial charge is 0.302 e. The quantitative estimate of drug-likeness (QED) is 0.0765. The number of aliphatic hydroxyl groups excluding tert-OH is 3. The molecule has 1 fully saturated rings. The van der Waals surface area contributed by atoms with Crippen LogP contribution in [-0.2, 0) is 16.0 Å². The Morgan fingerprint density at radius 2 is 2.02 bits per heavy atom. The largest absolute Gasteiger partial charge is 0.504 e. The number of fused-ring (bicyclic) bond motifs is 5. The molecule has 2 aliphatic heterocycles. The lowest BCUT2D eigenvalue weighted by Crippen LogP contribution is -2.47. The lowest BCUT2D eigenvalue weighted by molar-refractivity contribution is -0.152. The molecule has 12 heteroatoms. The van der Waals surface area contributed by atoms with Crippen LogP contribution in [0, 0.1) is 29.1 Å². The Hall–Kier alpha value is -3.08. The average Bonchev–Trinajstić information content (AvgIpc) is 2.99. The highest BCUT2D eigenvalue weighted by Crippen LogP contribution is 2.40. The van der Waals surface area contributed by atoms with Gasteiger partial charge in [0.2, 0.25) is 0 Å². The number of nitrogens with one attached hydrogen (secondary N) is 2. The zero-order chi connectivity index (χ0) is 32.7. The van der Waals surface area contributed by atoms with E-state index in [-0.39, 0.29) is 66.9 Å². The molecule has 0 amide bonds. The second kappa shape index (κ2) is 15.5. The number of phenols is 1. The fourth-order valence-electron chi connectivity index (χ4n) is 6.93. The molecule has 4 bridgehead atoms. The Morgan fingerprint density at radius 3 is 2.71 bits per heavy atom. The summed E-state index contributed by atoms with van der Waals surface area (Å²) in [7, 11) is 1.56. The molecule has 250 valence electrons. The summed E-state index contributed by atoms with van der Waals surface area (Å²) >= 11 is 0. The van der Waals surface area contributed by atoms with Crippen molar-refractivity contribution < 1.29 is 39.8 Å². The van der Waals surface area contributed by atoms with E-state index >= 15 is 0 Å². The van der Waals surface area contributed by atoms with E-state index in [0.717, 1.165) is 32.2 Å². The number of hydrogen-bond donors (Lipinski definition) is 8. The Morgan fingerprint density at radius 1 is 1.24 bits per heavy atom. The van der Waals surface area contributed by atoms with Crippen LogP contribution in [0.2, 0.25) is 0 Å². The minimum absolute atomic E-state index is 0.112. The van der Waals surface area contributed by atoms with Crippen molar-refractivity contribution in [3.63, 3.8) is 0 Å². The molecule has 3 aliphatic rings. The molecule has 1 saturated heterocycles. The van der Waals surface area contributed by atoms with Gasteiger partial charge in [-0.25, -0.2) is 0 Å². The second-order valence-electron chi connectivity index (χ2n) is 12.9. The molecule has 9 N–H and O–H groups in total. The van der Waals surface area contributed by atoms with Gasteiger partial charge in [0.05, 0.1) is 17.6 Å². The van der Waals surface area contributed by atoms with Crippen LogP contribution in [0.5, 0.6) is 11.5 Å². The third kappa shape index (κ3) is 9.01. The van der Waals surface area contributed by atoms with Gasteiger partial charge in [-0.3, -0.25) is 9.79 Å². The number of aliphatic imine (C=N–C) groups is 1.